The molecular formula is C23H15Cl3N2O3. The topological polar surface area (TPSA) is 49.9 Å². The summed E-state index contributed by atoms with van der Waals surface area (Å²) in [6.45, 7) is 0. The van der Waals surface area contributed by atoms with Gasteiger partial charge in [0, 0.05) is 5.02 Å². The van der Waals surface area contributed by atoms with Crippen molar-refractivity contribution in [2.45, 2.75) is 12.1 Å². The van der Waals surface area contributed by atoms with Crippen molar-refractivity contribution in [1.82, 2.24) is 0 Å². The van der Waals surface area contributed by atoms with E-state index in [1.165, 1.54) is 0 Å². The number of hydroxylamine groups is 1. The van der Waals surface area contributed by atoms with Gasteiger partial charge in [-0.05, 0) is 35.9 Å². The maximum atomic E-state index is 13.6. The molecule has 3 aromatic carbocycles. The number of hydrogen-bond donors (Lipinski definition) is 0. The monoisotopic (exact) mass is 472 g/mol. The number of anilines is 2. The number of imide groups is 1. The minimum atomic E-state index is -1.03. The molecule has 2 aliphatic rings. The zero-order valence-corrected chi connectivity index (χ0v) is 18.2. The Hall–Kier alpha value is -2.57. The summed E-state index contributed by atoms with van der Waals surface area (Å²) >= 11 is 19.1. The minimum Gasteiger partial charge on any atom is -0.273 e. The largest absolute Gasteiger partial charge is 0.273 e. The number of carbonyl (C=O) groups is 2. The van der Waals surface area contributed by atoms with Crippen LogP contribution < -0.4 is 9.96 Å². The number of halogens is 3. The number of hydrogen-bond acceptors (Lipinski definition) is 4. The highest BCUT2D eigenvalue weighted by Crippen LogP contribution is 2.50. The highest BCUT2D eigenvalue weighted by atomic mass is 35.5. The average molecular weight is 474 g/mol. The molecule has 0 N–H and O–H groups in total. The Bertz CT molecular complexity index is 1170. The van der Waals surface area contributed by atoms with Crippen LogP contribution in [-0.2, 0) is 14.4 Å². The Morgan fingerprint density at radius 1 is 0.710 bits per heavy atom. The first kappa shape index (κ1) is 20.3. The molecule has 31 heavy (non-hydrogen) atoms. The first-order valence-electron chi connectivity index (χ1n) is 9.56. The molecule has 5 nitrogen and oxygen atoms in total. The third-order valence-corrected chi connectivity index (χ3v) is 6.47. The minimum absolute atomic E-state index is 0.169. The molecule has 0 aromatic heterocycles. The molecule has 2 amide bonds. The van der Waals surface area contributed by atoms with E-state index in [9.17, 15) is 9.59 Å². The molecule has 0 bridgehead atoms. The molecule has 3 atom stereocenters. The number of para-hydroxylation sites is 2. The Labute approximate surface area is 193 Å². The van der Waals surface area contributed by atoms with Gasteiger partial charge in [0.15, 0.2) is 6.10 Å². The Morgan fingerprint density at radius 3 is 2.00 bits per heavy atom. The van der Waals surface area contributed by atoms with Crippen LogP contribution in [0.3, 0.4) is 0 Å². The van der Waals surface area contributed by atoms with E-state index in [0.717, 1.165) is 4.90 Å². The summed E-state index contributed by atoms with van der Waals surface area (Å²) in [5.41, 5.74) is 1.57. The highest BCUT2D eigenvalue weighted by Gasteiger charge is 2.61. The van der Waals surface area contributed by atoms with E-state index in [2.05, 4.69) is 0 Å². The van der Waals surface area contributed by atoms with Crippen LogP contribution in [-0.4, -0.2) is 17.9 Å². The quantitative estimate of drug-likeness (QED) is 0.458. The molecule has 2 heterocycles. The van der Waals surface area contributed by atoms with Gasteiger partial charge in [0.1, 0.15) is 5.92 Å². The highest BCUT2D eigenvalue weighted by molar-refractivity contribution is 6.42. The molecule has 0 unspecified atom stereocenters. The zero-order valence-electron chi connectivity index (χ0n) is 15.9. The second kappa shape index (κ2) is 7.84. The van der Waals surface area contributed by atoms with Crippen LogP contribution in [0.5, 0.6) is 0 Å². The number of benzene rings is 3. The van der Waals surface area contributed by atoms with Crippen molar-refractivity contribution in [3.05, 3.63) is 93.4 Å². The number of rotatable bonds is 3. The molecule has 8 heteroatoms. The van der Waals surface area contributed by atoms with Gasteiger partial charge in [-0.1, -0.05) is 77.3 Å². The van der Waals surface area contributed by atoms with Crippen LogP contribution in [0, 0.1) is 5.92 Å². The van der Waals surface area contributed by atoms with Gasteiger partial charge in [0.25, 0.3) is 5.91 Å². The third-order valence-electron chi connectivity index (χ3n) is 5.51. The van der Waals surface area contributed by atoms with Crippen LogP contribution in [0.2, 0.25) is 15.1 Å². The lowest BCUT2D eigenvalue weighted by atomic mass is 9.90. The zero-order chi connectivity index (χ0) is 21.7. The van der Waals surface area contributed by atoms with E-state index >= 15 is 0 Å². The van der Waals surface area contributed by atoms with Gasteiger partial charge in [-0.2, -0.15) is 0 Å². The summed E-state index contributed by atoms with van der Waals surface area (Å²) in [6, 6.07) is 20.7. The first-order valence-corrected chi connectivity index (χ1v) is 10.7. The van der Waals surface area contributed by atoms with Crippen molar-refractivity contribution in [3.8, 4) is 0 Å². The fourth-order valence-electron chi connectivity index (χ4n) is 4.17. The molecular weight excluding hydrogens is 459 g/mol. The summed E-state index contributed by atoms with van der Waals surface area (Å²) < 4.78 is 0. The van der Waals surface area contributed by atoms with Crippen molar-refractivity contribution in [2.24, 2.45) is 5.92 Å². The van der Waals surface area contributed by atoms with Crippen LogP contribution in [0.1, 0.15) is 11.6 Å². The van der Waals surface area contributed by atoms with E-state index in [1.54, 1.807) is 29.3 Å². The fraction of sp³-hybridized carbons (Fsp3) is 0.130. The van der Waals surface area contributed by atoms with Crippen LogP contribution in [0.4, 0.5) is 11.4 Å². The molecule has 5 rings (SSSR count). The number of amides is 2. The first-order chi connectivity index (χ1) is 15.0. The second-order valence-electron chi connectivity index (χ2n) is 7.26. The molecule has 0 spiro atoms. The van der Waals surface area contributed by atoms with Gasteiger partial charge in [-0.15, -0.1) is 0 Å². The molecule has 0 saturated carbocycles. The Kier molecular flexibility index (Phi) is 5.15. The van der Waals surface area contributed by atoms with Crippen molar-refractivity contribution >= 4 is 58.0 Å². The van der Waals surface area contributed by atoms with Gasteiger partial charge in [0.2, 0.25) is 5.91 Å². The maximum Gasteiger partial charge on any atom is 0.266 e. The van der Waals surface area contributed by atoms with Gasteiger partial charge in [-0.3, -0.25) is 14.4 Å². The summed E-state index contributed by atoms with van der Waals surface area (Å²) in [7, 11) is 0. The van der Waals surface area contributed by atoms with Gasteiger partial charge in [0.05, 0.1) is 27.5 Å². The van der Waals surface area contributed by atoms with Gasteiger partial charge < -0.3 is 0 Å². The lowest BCUT2D eigenvalue weighted by molar-refractivity contribution is -0.126. The fourth-order valence-corrected chi connectivity index (χ4v) is 4.98. The van der Waals surface area contributed by atoms with Crippen molar-refractivity contribution < 1.29 is 14.4 Å². The third kappa shape index (κ3) is 3.20. The van der Waals surface area contributed by atoms with E-state index in [0.29, 0.717) is 16.3 Å². The lowest BCUT2D eigenvalue weighted by Gasteiger charge is -2.29. The normalized spacial score (nSPS) is 22.9. The Morgan fingerprint density at radius 2 is 1.32 bits per heavy atom. The molecule has 3 aromatic rings. The van der Waals surface area contributed by atoms with Gasteiger partial charge in [-0.25, -0.2) is 9.96 Å². The number of carbonyl (C=O) groups excluding carboxylic acids is 2. The number of fused-ring (bicyclic) bond motifs is 1. The molecule has 0 aliphatic carbocycles. The predicted molar refractivity (Wildman–Crippen MR) is 120 cm³/mol. The average Bonchev–Trinajstić information content (AvgIpc) is 3.26. The SMILES string of the molecule is O=C1[C@@H]2[C@@H](c3ccccc3Cl)N(c3ccccc3)O[C@H]2C(=O)N1c1c(Cl)cccc1Cl. The molecule has 2 saturated heterocycles. The maximum absolute atomic E-state index is 13.6. The summed E-state index contributed by atoms with van der Waals surface area (Å²) in [5.74, 6) is -1.77. The lowest BCUT2D eigenvalue weighted by Crippen LogP contribution is -2.37. The second-order valence-corrected chi connectivity index (χ2v) is 8.48. The molecule has 2 fully saturated rings. The molecule has 156 valence electrons. The molecule has 0 radical (unpaired) electrons. The smallest absolute Gasteiger partial charge is 0.266 e. The number of nitrogens with zero attached hydrogens (tertiary/aromatic N) is 2. The van der Waals surface area contributed by atoms with E-state index < -0.39 is 29.9 Å². The van der Waals surface area contributed by atoms with E-state index in [-0.39, 0.29) is 15.7 Å². The summed E-state index contributed by atoms with van der Waals surface area (Å²) in [6.07, 6.45) is -1.03. The van der Waals surface area contributed by atoms with Gasteiger partial charge >= 0.3 is 0 Å². The standard InChI is InChI=1S/C23H15Cl3N2O3/c24-15-10-5-4-9-14(15)19-18-21(31-28(19)13-7-2-1-3-8-13)23(30)27(22(18)29)20-16(25)11-6-12-17(20)26/h1-12,18-19,21H/t18-,19-,21-/m1/s1. The summed E-state index contributed by atoms with van der Waals surface area (Å²) in [5, 5.41) is 2.50. The van der Waals surface area contributed by atoms with Crippen LogP contribution >= 0.6 is 34.8 Å². The van der Waals surface area contributed by atoms with Crippen molar-refractivity contribution in [2.75, 3.05) is 9.96 Å². The van der Waals surface area contributed by atoms with Crippen molar-refractivity contribution in [1.29, 1.82) is 0 Å². The van der Waals surface area contributed by atoms with Crippen LogP contribution in [0.15, 0.2) is 72.8 Å². The van der Waals surface area contributed by atoms with Crippen LogP contribution in [0.25, 0.3) is 0 Å². The molecule has 2 aliphatic heterocycles. The van der Waals surface area contributed by atoms with E-state index in [4.69, 9.17) is 39.6 Å². The Balaban J connectivity index is 1.64. The predicted octanol–water partition coefficient (Wildman–Crippen LogP) is 5.70. The summed E-state index contributed by atoms with van der Waals surface area (Å²) in [4.78, 5) is 34.1. The van der Waals surface area contributed by atoms with Crippen molar-refractivity contribution in [3.63, 3.8) is 0 Å². The van der Waals surface area contributed by atoms with E-state index in [1.807, 2.05) is 48.5 Å².